The number of rotatable bonds is 7. The van der Waals surface area contributed by atoms with Crippen molar-refractivity contribution in [1.29, 1.82) is 0 Å². The largest absolute Gasteiger partial charge is 0.511 e. The highest BCUT2D eigenvalue weighted by molar-refractivity contribution is 5.87. The maximum atomic E-state index is 11.2. The van der Waals surface area contributed by atoms with Crippen molar-refractivity contribution in [3.8, 4) is 0 Å². The van der Waals surface area contributed by atoms with Crippen LogP contribution in [0.4, 0.5) is 4.79 Å². The summed E-state index contributed by atoms with van der Waals surface area (Å²) in [6.07, 6.45) is -2.15. The molecule has 0 aliphatic heterocycles. The van der Waals surface area contributed by atoms with Crippen LogP contribution in [0.2, 0.25) is 0 Å². The van der Waals surface area contributed by atoms with E-state index >= 15 is 0 Å². The van der Waals surface area contributed by atoms with Crippen LogP contribution in [0.1, 0.15) is 20.8 Å². The highest BCUT2D eigenvalue weighted by Gasteiger charge is 2.15. The van der Waals surface area contributed by atoms with Crippen molar-refractivity contribution in [3.63, 3.8) is 0 Å². The van der Waals surface area contributed by atoms with E-state index in [0.29, 0.717) is 0 Å². The molecule has 7 nitrogen and oxygen atoms in total. The second-order valence-corrected chi connectivity index (χ2v) is 3.89. The standard InChI is InChI=1S/C13H18O7/c1-8(2)11(14)17-6-7-18-13(16)20-10(5)19-12(15)9(3)4/h10H,1,3,6-7H2,2,4-5H3. The van der Waals surface area contributed by atoms with Gasteiger partial charge in [0.1, 0.15) is 13.2 Å². The maximum Gasteiger partial charge on any atom is 0.511 e. The molecule has 7 heteroatoms. The normalized spacial score (nSPS) is 10.9. The molecule has 112 valence electrons. The number of hydrogen-bond acceptors (Lipinski definition) is 7. The molecule has 1 unspecified atom stereocenters. The van der Waals surface area contributed by atoms with Crippen molar-refractivity contribution in [2.24, 2.45) is 0 Å². The van der Waals surface area contributed by atoms with Gasteiger partial charge in [-0.15, -0.1) is 0 Å². The Hall–Kier alpha value is -2.31. The number of carbonyl (C=O) groups is 3. The molecule has 0 heterocycles. The van der Waals surface area contributed by atoms with E-state index in [-0.39, 0.29) is 24.4 Å². The molecule has 0 N–H and O–H groups in total. The number of ether oxygens (including phenoxy) is 4. The zero-order chi connectivity index (χ0) is 15.7. The van der Waals surface area contributed by atoms with Gasteiger partial charge in [-0.1, -0.05) is 13.2 Å². The smallest absolute Gasteiger partial charge is 0.459 e. The molecule has 0 aromatic heterocycles. The summed E-state index contributed by atoms with van der Waals surface area (Å²) in [5, 5.41) is 0. The molecule has 0 aliphatic carbocycles. The molecule has 0 bridgehead atoms. The Morgan fingerprint density at radius 2 is 1.40 bits per heavy atom. The lowest BCUT2D eigenvalue weighted by molar-refractivity contribution is -0.163. The molecule has 1 atom stereocenters. The molecule has 0 spiro atoms. The van der Waals surface area contributed by atoms with Crippen LogP contribution in [0.3, 0.4) is 0 Å². The predicted octanol–water partition coefficient (Wildman–Crippen LogP) is 1.72. The summed E-state index contributed by atoms with van der Waals surface area (Å²) in [6.45, 7) is 10.8. The van der Waals surface area contributed by atoms with Crippen LogP contribution in [0.15, 0.2) is 24.3 Å². The van der Waals surface area contributed by atoms with E-state index in [9.17, 15) is 14.4 Å². The Morgan fingerprint density at radius 3 is 1.90 bits per heavy atom. The van der Waals surface area contributed by atoms with E-state index in [2.05, 4.69) is 27.4 Å². The van der Waals surface area contributed by atoms with Crippen molar-refractivity contribution in [3.05, 3.63) is 24.3 Å². The third kappa shape index (κ3) is 7.91. The lowest BCUT2D eigenvalue weighted by atomic mass is 10.4. The van der Waals surface area contributed by atoms with Gasteiger partial charge in [0.25, 0.3) is 0 Å². The lowest BCUT2D eigenvalue weighted by Gasteiger charge is -2.13. The van der Waals surface area contributed by atoms with Crippen LogP contribution < -0.4 is 0 Å². The van der Waals surface area contributed by atoms with Crippen LogP contribution in [0, 0.1) is 0 Å². The van der Waals surface area contributed by atoms with Crippen molar-refractivity contribution < 1.29 is 33.3 Å². The SMILES string of the molecule is C=C(C)C(=O)OCCOC(=O)OC(C)OC(=O)C(=C)C. The summed E-state index contributed by atoms with van der Waals surface area (Å²) in [5.41, 5.74) is 0.424. The molecule has 0 saturated heterocycles. The molecule has 0 rings (SSSR count). The van der Waals surface area contributed by atoms with Crippen LogP contribution >= 0.6 is 0 Å². The summed E-state index contributed by atoms with van der Waals surface area (Å²) in [4.78, 5) is 33.3. The molecular formula is C13H18O7. The second-order valence-electron chi connectivity index (χ2n) is 3.89. The van der Waals surface area contributed by atoms with E-state index in [1.54, 1.807) is 0 Å². The van der Waals surface area contributed by atoms with Gasteiger partial charge >= 0.3 is 18.1 Å². The Bertz CT molecular complexity index is 411. The van der Waals surface area contributed by atoms with Gasteiger partial charge in [0, 0.05) is 18.1 Å². The summed E-state index contributed by atoms with van der Waals surface area (Å²) in [6, 6.07) is 0. The molecule has 0 aromatic carbocycles. The average Bonchev–Trinajstić information content (AvgIpc) is 2.33. The zero-order valence-electron chi connectivity index (χ0n) is 11.8. The minimum absolute atomic E-state index is 0.124. The van der Waals surface area contributed by atoms with Crippen LogP contribution in [-0.4, -0.2) is 37.6 Å². The fraction of sp³-hybridized carbons (Fsp3) is 0.462. The van der Waals surface area contributed by atoms with E-state index in [1.165, 1.54) is 20.8 Å². The Morgan fingerprint density at radius 1 is 0.900 bits per heavy atom. The highest BCUT2D eigenvalue weighted by Crippen LogP contribution is 2.01. The first-order chi connectivity index (χ1) is 9.23. The zero-order valence-corrected chi connectivity index (χ0v) is 11.8. The van der Waals surface area contributed by atoms with Crippen molar-refractivity contribution in [2.45, 2.75) is 27.1 Å². The number of hydrogen-bond donors (Lipinski definition) is 0. The van der Waals surface area contributed by atoms with Gasteiger partial charge in [-0.05, 0) is 13.8 Å². The molecule has 20 heavy (non-hydrogen) atoms. The fourth-order valence-electron chi connectivity index (χ4n) is 0.827. The molecule has 0 saturated carbocycles. The summed E-state index contributed by atoms with van der Waals surface area (Å²) >= 11 is 0. The van der Waals surface area contributed by atoms with E-state index in [0.717, 1.165) is 0 Å². The van der Waals surface area contributed by atoms with Gasteiger partial charge in [0.15, 0.2) is 0 Å². The first-order valence-electron chi connectivity index (χ1n) is 5.76. The molecule has 0 radical (unpaired) electrons. The Labute approximate surface area is 117 Å². The van der Waals surface area contributed by atoms with E-state index < -0.39 is 24.4 Å². The van der Waals surface area contributed by atoms with Crippen molar-refractivity contribution in [1.82, 2.24) is 0 Å². The molecule has 0 aliphatic rings. The first kappa shape index (κ1) is 17.7. The first-order valence-corrected chi connectivity index (χ1v) is 5.76. The van der Waals surface area contributed by atoms with E-state index in [1.807, 2.05) is 0 Å². The Balaban J connectivity index is 3.83. The maximum absolute atomic E-state index is 11.2. The second kappa shape index (κ2) is 8.73. The van der Waals surface area contributed by atoms with Gasteiger partial charge in [-0.25, -0.2) is 14.4 Å². The van der Waals surface area contributed by atoms with Gasteiger partial charge in [-0.2, -0.15) is 0 Å². The average molecular weight is 286 g/mol. The Kier molecular flexibility index (Phi) is 7.72. The third-order valence-corrected chi connectivity index (χ3v) is 1.77. The molecular weight excluding hydrogens is 268 g/mol. The summed E-state index contributed by atoms with van der Waals surface area (Å²) in [5.74, 6) is -1.26. The van der Waals surface area contributed by atoms with E-state index in [4.69, 9.17) is 4.74 Å². The molecule has 0 fully saturated rings. The minimum Gasteiger partial charge on any atom is -0.459 e. The van der Waals surface area contributed by atoms with Gasteiger partial charge < -0.3 is 18.9 Å². The monoisotopic (exact) mass is 286 g/mol. The summed E-state index contributed by atoms with van der Waals surface area (Å²) in [7, 11) is 0. The summed E-state index contributed by atoms with van der Waals surface area (Å²) < 4.78 is 18.6. The van der Waals surface area contributed by atoms with Crippen LogP contribution in [0.5, 0.6) is 0 Å². The highest BCUT2D eigenvalue weighted by atomic mass is 16.8. The topological polar surface area (TPSA) is 88.1 Å². The number of esters is 2. The van der Waals surface area contributed by atoms with Crippen molar-refractivity contribution in [2.75, 3.05) is 13.2 Å². The predicted molar refractivity (Wildman–Crippen MR) is 68.6 cm³/mol. The fourth-order valence-corrected chi connectivity index (χ4v) is 0.827. The number of carbonyl (C=O) groups excluding carboxylic acids is 3. The van der Waals surface area contributed by atoms with Gasteiger partial charge in [0.2, 0.25) is 6.29 Å². The van der Waals surface area contributed by atoms with Crippen molar-refractivity contribution >= 4 is 18.1 Å². The molecule has 0 aromatic rings. The quantitative estimate of drug-likeness (QED) is 0.231. The third-order valence-electron chi connectivity index (χ3n) is 1.77. The van der Waals surface area contributed by atoms with Crippen LogP contribution in [0.25, 0.3) is 0 Å². The minimum atomic E-state index is -1.11. The van der Waals surface area contributed by atoms with Crippen LogP contribution in [-0.2, 0) is 28.5 Å². The van der Waals surface area contributed by atoms with Gasteiger partial charge in [-0.3, -0.25) is 0 Å². The molecule has 0 amide bonds. The van der Waals surface area contributed by atoms with Gasteiger partial charge in [0.05, 0.1) is 0 Å². The lowest BCUT2D eigenvalue weighted by Crippen LogP contribution is -2.23.